The highest BCUT2D eigenvalue weighted by Gasteiger charge is 2.04. The third-order valence-corrected chi connectivity index (χ3v) is 3.83. The SMILES string of the molecule is CCCCCCN(CCCCCC)CCCCOC(C)=O. The number of ether oxygens (including phenoxy) is 1. The van der Waals surface area contributed by atoms with E-state index in [-0.39, 0.29) is 5.97 Å². The molecule has 0 aromatic carbocycles. The monoisotopic (exact) mass is 299 g/mol. The average molecular weight is 299 g/mol. The van der Waals surface area contributed by atoms with Crippen LogP contribution >= 0.6 is 0 Å². The molecule has 0 unspecified atom stereocenters. The molecule has 0 heterocycles. The summed E-state index contributed by atoms with van der Waals surface area (Å²) >= 11 is 0. The highest BCUT2D eigenvalue weighted by molar-refractivity contribution is 5.65. The van der Waals surface area contributed by atoms with Gasteiger partial charge in [0.1, 0.15) is 0 Å². The first-order valence-corrected chi connectivity index (χ1v) is 9.06. The van der Waals surface area contributed by atoms with Crippen molar-refractivity contribution in [2.24, 2.45) is 0 Å². The van der Waals surface area contributed by atoms with Crippen molar-refractivity contribution in [3.05, 3.63) is 0 Å². The van der Waals surface area contributed by atoms with Gasteiger partial charge < -0.3 is 9.64 Å². The summed E-state index contributed by atoms with van der Waals surface area (Å²) in [5.74, 6) is -0.161. The van der Waals surface area contributed by atoms with Crippen LogP contribution in [0.2, 0.25) is 0 Å². The normalized spacial score (nSPS) is 11.0. The van der Waals surface area contributed by atoms with Crippen molar-refractivity contribution in [3.63, 3.8) is 0 Å². The maximum Gasteiger partial charge on any atom is 0.302 e. The molecule has 0 aliphatic rings. The Morgan fingerprint density at radius 2 is 1.24 bits per heavy atom. The molecule has 0 saturated carbocycles. The molecule has 0 radical (unpaired) electrons. The van der Waals surface area contributed by atoms with Crippen LogP contribution in [0.25, 0.3) is 0 Å². The van der Waals surface area contributed by atoms with Gasteiger partial charge in [-0.15, -0.1) is 0 Å². The number of esters is 1. The van der Waals surface area contributed by atoms with E-state index in [0.29, 0.717) is 6.61 Å². The Morgan fingerprint density at radius 3 is 1.67 bits per heavy atom. The Morgan fingerprint density at radius 1 is 0.762 bits per heavy atom. The van der Waals surface area contributed by atoms with Crippen LogP contribution in [0.4, 0.5) is 0 Å². The Labute approximate surface area is 132 Å². The van der Waals surface area contributed by atoms with Gasteiger partial charge in [0.25, 0.3) is 0 Å². The molecule has 0 spiro atoms. The van der Waals surface area contributed by atoms with E-state index in [1.54, 1.807) is 0 Å². The van der Waals surface area contributed by atoms with Crippen molar-refractivity contribution in [3.8, 4) is 0 Å². The topological polar surface area (TPSA) is 29.5 Å². The van der Waals surface area contributed by atoms with Crippen LogP contribution < -0.4 is 0 Å². The molecule has 0 bridgehead atoms. The highest BCUT2D eigenvalue weighted by atomic mass is 16.5. The van der Waals surface area contributed by atoms with Gasteiger partial charge in [0.05, 0.1) is 6.61 Å². The fourth-order valence-corrected chi connectivity index (χ4v) is 2.51. The molecule has 0 aromatic rings. The molecular weight excluding hydrogens is 262 g/mol. The van der Waals surface area contributed by atoms with Crippen LogP contribution in [0.3, 0.4) is 0 Å². The summed E-state index contributed by atoms with van der Waals surface area (Å²) in [6, 6.07) is 0. The van der Waals surface area contributed by atoms with Gasteiger partial charge >= 0.3 is 5.97 Å². The number of hydrogen-bond donors (Lipinski definition) is 0. The molecule has 0 aliphatic heterocycles. The summed E-state index contributed by atoms with van der Waals surface area (Å²) < 4.78 is 4.99. The third kappa shape index (κ3) is 15.6. The largest absolute Gasteiger partial charge is 0.466 e. The molecular formula is C18H37NO2. The predicted octanol–water partition coefficient (Wildman–Crippen LogP) is 4.79. The van der Waals surface area contributed by atoms with Gasteiger partial charge in [-0.3, -0.25) is 4.79 Å². The van der Waals surface area contributed by atoms with Crippen LogP contribution in [0, 0.1) is 0 Å². The van der Waals surface area contributed by atoms with Crippen molar-refractivity contribution in [1.82, 2.24) is 4.90 Å². The van der Waals surface area contributed by atoms with Crippen molar-refractivity contribution in [1.29, 1.82) is 0 Å². The zero-order valence-corrected chi connectivity index (χ0v) is 14.7. The Hall–Kier alpha value is -0.570. The summed E-state index contributed by atoms with van der Waals surface area (Å²) in [5, 5.41) is 0. The van der Waals surface area contributed by atoms with Crippen molar-refractivity contribution in [2.75, 3.05) is 26.2 Å². The zero-order chi connectivity index (χ0) is 15.8. The molecule has 0 rings (SSSR count). The maximum absolute atomic E-state index is 10.7. The number of carbonyl (C=O) groups is 1. The summed E-state index contributed by atoms with van der Waals surface area (Å²) in [6.07, 6.45) is 12.8. The molecule has 3 nitrogen and oxygen atoms in total. The molecule has 0 amide bonds. The maximum atomic E-state index is 10.7. The zero-order valence-electron chi connectivity index (χ0n) is 14.7. The standard InChI is InChI=1S/C18H37NO2/c1-4-6-8-10-14-19(15-11-9-7-5-2)16-12-13-17-21-18(3)20/h4-17H2,1-3H3. The molecule has 0 aliphatic carbocycles. The lowest BCUT2D eigenvalue weighted by atomic mass is 10.1. The number of rotatable bonds is 15. The predicted molar refractivity (Wildman–Crippen MR) is 90.6 cm³/mol. The fraction of sp³-hybridized carbons (Fsp3) is 0.944. The molecule has 0 fully saturated rings. The highest BCUT2D eigenvalue weighted by Crippen LogP contribution is 2.07. The molecule has 0 saturated heterocycles. The molecule has 0 atom stereocenters. The van der Waals surface area contributed by atoms with Gasteiger partial charge in [0.2, 0.25) is 0 Å². The second kappa shape index (κ2) is 15.8. The fourth-order valence-electron chi connectivity index (χ4n) is 2.51. The number of carbonyl (C=O) groups excluding carboxylic acids is 1. The van der Waals surface area contributed by atoms with Crippen molar-refractivity contribution >= 4 is 5.97 Å². The minimum Gasteiger partial charge on any atom is -0.466 e. The van der Waals surface area contributed by atoms with Crippen LogP contribution in [0.15, 0.2) is 0 Å². The first-order valence-electron chi connectivity index (χ1n) is 9.06. The molecule has 3 heteroatoms. The van der Waals surface area contributed by atoms with Crippen molar-refractivity contribution < 1.29 is 9.53 Å². The van der Waals surface area contributed by atoms with Gasteiger partial charge in [-0.05, 0) is 45.3 Å². The van der Waals surface area contributed by atoms with Gasteiger partial charge in [-0.25, -0.2) is 0 Å². The quantitative estimate of drug-likeness (QED) is 0.321. The smallest absolute Gasteiger partial charge is 0.302 e. The number of nitrogens with zero attached hydrogens (tertiary/aromatic N) is 1. The van der Waals surface area contributed by atoms with E-state index in [1.165, 1.54) is 71.4 Å². The first-order chi connectivity index (χ1) is 10.2. The third-order valence-electron chi connectivity index (χ3n) is 3.83. The van der Waals surface area contributed by atoms with Crippen LogP contribution in [-0.4, -0.2) is 37.1 Å². The number of unbranched alkanes of at least 4 members (excludes halogenated alkanes) is 7. The second-order valence-electron chi connectivity index (χ2n) is 6.01. The summed E-state index contributed by atoms with van der Waals surface area (Å²) in [6.45, 7) is 10.2. The van der Waals surface area contributed by atoms with E-state index in [0.717, 1.165) is 19.4 Å². The van der Waals surface area contributed by atoms with E-state index >= 15 is 0 Å². The average Bonchev–Trinajstić information content (AvgIpc) is 2.46. The van der Waals surface area contributed by atoms with Crippen LogP contribution in [0.5, 0.6) is 0 Å². The van der Waals surface area contributed by atoms with E-state index < -0.39 is 0 Å². The summed E-state index contributed by atoms with van der Waals surface area (Å²) in [7, 11) is 0. The van der Waals surface area contributed by atoms with E-state index in [9.17, 15) is 4.79 Å². The lowest BCUT2D eigenvalue weighted by molar-refractivity contribution is -0.141. The Balaban J connectivity index is 3.74. The number of hydrogen-bond acceptors (Lipinski definition) is 3. The molecule has 126 valence electrons. The van der Waals surface area contributed by atoms with Crippen LogP contribution in [-0.2, 0) is 9.53 Å². The first kappa shape index (κ1) is 20.4. The van der Waals surface area contributed by atoms with Gasteiger partial charge in [0.15, 0.2) is 0 Å². The molecule has 0 N–H and O–H groups in total. The van der Waals surface area contributed by atoms with Crippen LogP contribution in [0.1, 0.15) is 85.0 Å². The van der Waals surface area contributed by atoms with Crippen molar-refractivity contribution in [2.45, 2.75) is 85.0 Å². The van der Waals surface area contributed by atoms with E-state index in [2.05, 4.69) is 18.7 Å². The lowest BCUT2D eigenvalue weighted by Crippen LogP contribution is -2.27. The summed E-state index contributed by atoms with van der Waals surface area (Å²) in [5.41, 5.74) is 0. The lowest BCUT2D eigenvalue weighted by Gasteiger charge is -2.22. The minimum atomic E-state index is -0.161. The van der Waals surface area contributed by atoms with Gasteiger partial charge in [-0.1, -0.05) is 52.4 Å². The Kier molecular flexibility index (Phi) is 15.4. The molecule has 21 heavy (non-hydrogen) atoms. The van der Waals surface area contributed by atoms with Gasteiger partial charge in [0, 0.05) is 6.92 Å². The van der Waals surface area contributed by atoms with E-state index in [4.69, 9.17) is 4.74 Å². The second-order valence-corrected chi connectivity index (χ2v) is 6.01. The minimum absolute atomic E-state index is 0.161. The van der Waals surface area contributed by atoms with Gasteiger partial charge in [-0.2, -0.15) is 0 Å². The Bertz CT molecular complexity index is 219. The summed E-state index contributed by atoms with van der Waals surface area (Å²) in [4.78, 5) is 13.3. The molecule has 0 aromatic heterocycles. The van der Waals surface area contributed by atoms with E-state index in [1.807, 2.05) is 0 Å².